The first-order valence-electron chi connectivity index (χ1n) is 11.8. The van der Waals surface area contributed by atoms with Crippen LogP contribution in [-0.4, -0.2) is 75.6 Å². The zero-order valence-corrected chi connectivity index (χ0v) is 20.7. The highest BCUT2D eigenvalue weighted by atomic mass is 16.4. The summed E-state index contributed by atoms with van der Waals surface area (Å²) in [5.41, 5.74) is 12.4. The van der Waals surface area contributed by atoms with E-state index in [1.165, 1.54) is 0 Å². The monoisotopic (exact) mass is 518 g/mol. The summed E-state index contributed by atoms with van der Waals surface area (Å²) in [4.78, 5) is 64.2. The number of para-hydroxylation sites is 1. The number of fused-ring (bicyclic) bond motifs is 1. The number of benzene rings is 1. The minimum Gasteiger partial charge on any atom is -0.480 e. The SMILES string of the molecule is CC(C)CC(N)C(=O)NC(CO)C(=O)NC(Cc1c[nH]c2ccccc12)C(=O)NC(CC(N)=O)C(=O)O. The van der Waals surface area contributed by atoms with Crippen LogP contribution in [0.5, 0.6) is 0 Å². The number of carboxylic acids is 1. The maximum atomic E-state index is 13.1. The molecular weight excluding hydrogens is 484 g/mol. The van der Waals surface area contributed by atoms with Crippen molar-refractivity contribution in [2.75, 3.05) is 6.61 Å². The van der Waals surface area contributed by atoms with Crippen LogP contribution in [0.4, 0.5) is 0 Å². The van der Waals surface area contributed by atoms with Gasteiger partial charge in [0.1, 0.15) is 18.1 Å². The summed E-state index contributed by atoms with van der Waals surface area (Å²) in [6.45, 7) is 2.98. The van der Waals surface area contributed by atoms with Crippen LogP contribution < -0.4 is 27.4 Å². The number of nitrogens with one attached hydrogen (secondary N) is 4. The summed E-state index contributed by atoms with van der Waals surface area (Å²) in [5.74, 6) is -4.72. The summed E-state index contributed by atoms with van der Waals surface area (Å²) in [6, 6.07) is 1.97. The zero-order valence-electron chi connectivity index (χ0n) is 20.7. The van der Waals surface area contributed by atoms with Gasteiger partial charge in [-0.2, -0.15) is 0 Å². The van der Waals surface area contributed by atoms with E-state index in [-0.39, 0.29) is 12.3 Å². The van der Waals surface area contributed by atoms with Crippen LogP contribution in [0.1, 0.15) is 32.3 Å². The zero-order chi connectivity index (χ0) is 27.7. The molecule has 0 fully saturated rings. The van der Waals surface area contributed by atoms with E-state index in [1.54, 1.807) is 18.3 Å². The molecule has 202 valence electrons. The van der Waals surface area contributed by atoms with Crippen LogP contribution in [0.3, 0.4) is 0 Å². The number of rotatable bonds is 14. The number of carboxylic acid groups (broad SMARTS) is 1. The lowest BCUT2D eigenvalue weighted by molar-refractivity contribution is -0.143. The number of aromatic amines is 1. The Kier molecular flexibility index (Phi) is 10.6. The normalized spacial score (nSPS) is 14.4. The summed E-state index contributed by atoms with van der Waals surface area (Å²) in [5, 5.41) is 26.9. The number of aromatic nitrogens is 1. The van der Waals surface area contributed by atoms with E-state index in [0.29, 0.717) is 12.0 Å². The molecule has 37 heavy (non-hydrogen) atoms. The molecule has 4 amide bonds. The second-order valence-corrected chi connectivity index (χ2v) is 9.17. The third-order valence-electron chi connectivity index (χ3n) is 5.63. The van der Waals surface area contributed by atoms with Gasteiger partial charge >= 0.3 is 5.97 Å². The summed E-state index contributed by atoms with van der Waals surface area (Å²) in [6.07, 6.45) is 1.28. The lowest BCUT2D eigenvalue weighted by Gasteiger charge is -2.24. The Balaban J connectivity index is 2.26. The Morgan fingerprint density at radius 2 is 1.54 bits per heavy atom. The van der Waals surface area contributed by atoms with E-state index < -0.39 is 66.8 Å². The fraction of sp³-hybridized carbons (Fsp3) is 0.458. The number of hydrogen-bond donors (Lipinski definition) is 8. The second kappa shape index (κ2) is 13.4. The molecule has 1 aromatic carbocycles. The van der Waals surface area contributed by atoms with Crippen molar-refractivity contribution >= 4 is 40.5 Å². The molecule has 10 N–H and O–H groups in total. The highest BCUT2D eigenvalue weighted by Gasteiger charge is 2.31. The second-order valence-electron chi connectivity index (χ2n) is 9.17. The average molecular weight is 519 g/mol. The fourth-order valence-electron chi connectivity index (χ4n) is 3.76. The maximum Gasteiger partial charge on any atom is 0.326 e. The topological polar surface area (TPSA) is 230 Å². The molecule has 0 bridgehead atoms. The molecule has 0 aliphatic heterocycles. The third-order valence-corrected chi connectivity index (χ3v) is 5.63. The van der Waals surface area contributed by atoms with Gasteiger partial charge < -0.3 is 42.6 Å². The molecule has 13 nitrogen and oxygen atoms in total. The molecule has 4 unspecified atom stereocenters. The van der Waals surface area contributed by atoms with Crippen LogP contribution >= 0.6 is 0 Å². The first-order valence-corrected chi connectivity index (χ1v) is 11.8. The van der Waals surface area contributed by atoms with Crippen LogP contribution in [-0.2, 0) is 30.4 Å². The van der Waals surface area contributed by atoms with Crippen LogP contribution in [0, 0.1) is 5.92 Å². The number of nitrogens with two attached hydrogens (primary N) is 2. The largest absolute Gasteiger partial charge is 0.480 e. The van der Waals surface area contributed by atoms with E-state index in [9.17, 15) is 34.2 Å². The van der Waals surface area contributed by atoms with Crippen LogP contribution in [0.2, 0.25) is 0 Å². The molecule has 2 aromatic rings. The van der Waals surface area contributed by atoms with Crippen LogP contribution in [0.15, 0.2) is 30.5 Å². The number of aliphatic carboxylic acids is 1. The Bertz CT molecular complexity index is 1130. The van der Waals surface area contributed by atoms with E-state index in [4.69, 9.17) is 11.5 Å². The van der Waals surface area contributed by atoms with Crippen molar-refractivity contribution in [2.24, 2.45) is 17.4 Å². The summed E-state index contributed by atoms with van der Waals surface area (Å²) >= 11 is 0. The molecule has 2 rings (SSSR count). The molecule has 0 aliphatic rings. The lowest BCUT2D eigenvalue weighted by Crippen LogP contribution is -2.58. The van der Waals surface area contributed by atoms with Crippen LogP contribution in [0.25, 0.3) is 10.9 Å². The minimum atomic E-state index is -1.62. The van der Waals surface area contributed by atoms with E-state index >= 15 is 0 Å². The standard InChI is InChI=1S/C24H34N6O7/c1-12(2)7-15(25)21(33)30-19(11-31)23(35)28-17(22(34)29-18(24(36)37)9-20(26)32)8-13-10-27-16-6-4-3-5-14(13)16/h3-6,10,12,15,17-19,27,31H,7-9,11,25H2,1-2H3,(H2,26,32)(H,28,35)(H,29,34)(H,30,33)(H,36,37). The van der Waals surface area contributed by atoms with Crippen molar-refractivity contribution in [3.8, 4) is 0 Å². The summed E-state index contributed by atoms with van der Waals surface area (Å²) < 4.78 is 0. The number of aliphatic hydroxyl groups is 1. The van der Waals surface area contributed by atoms with Crippen molar-refractivity contribution in [3.63, 3.8) is 0 Å². The van der Waals surface area contributed by atoms with Gasteiger partial charge in [0.15, 0.2) is 0 Å². The number of carbonyl (C=O) groups excluding carboxylic acids is 4. The smallest absolute Gasteiger partial charge is 0.326 e. The quantitative estimate of drug-likeness (QED) is 0.146. The van der Waals surface area contributed by atoms with Crippen molar-refractivity contribution in [1.82, 2.24) is 20.9 Å². The predicted octanol–water partition coefficient (Wildman–Crippen LogP) is -1.51. The maximum absolute atomic E-state index is 13.1. The predicted molar refractivity (Wildman–Crippen MR) is 134 cm³/mol. The van der Waals surface area contributed by atoms with Gasteiger partial charge in [0.05, 0.1) is 19.1 Å². The highest BCUT2D eigenvalue weighted by molar-refractivity contribution is 5.95. The summed E-state index contributed by atoms with van der Waals surface area (Å²) in [7, 11) is 0. The number of carbonyl (C=O) groups is 5. The molecule has 0 radical (unpaired) electrons. The van der Waals surface area contributed by atoms with Gasteiger partial charge in [-0.3, -0.25) is 19.2 Å². The van der Waals surface area contributed by atoms with Gasteiger partial charge in [-0.05, 0) is 24.0 Å². The van der Waals surface area contributed by atoms with Crippen molar-refractivity contribution in [3.05, 3.63) is 36.0 Å². The number of aliphatic hydroxyl groups excluding tert-OH is 1. The number of H-pyrrole nitrogens is 1. The minimum absolute atomic E-state index is 0.0660. The molecule has 1 heterocycles. The lowest BCUT2D eigenvalue weighted by atomic mass is 10.0. The molecule has 0 spiro atoms. The Labute approximate surface area is 213 Å². The molecule has 0 saturated heterocycles. The van der Waals surface area contributed by atoms with Gasteiger partial charge in [-0.25, -0.2) is 4.79 Å². The number of hydrogen-bond acceptors (Lipinski definition) is 7. The number of primary amides is 1. The average Bonchev–Trinajstić information content (AvgIpc) is 3.23. The Morgan fingerprint density at radius 3 is 2.14 bits per heavy atom. The fourth-order valence-corrected chi connectivity index (χ4v) is 3.76. The molecule has 13 heteroatoms. The van der Waals surface area contributed by atoms with Gasteiger partial charge in [0.2, 0.25) is 23.6 Å². The molecular formula is C24H34N6O7. The molecule has 4 atom stereocenters. The van der Waals surface area contributed by atoms with Crippen molar-refractivity contribution < 1.29 is 34.2 Å². The van der Waals surface area contributed by atoms with Gasteiger partial charge in [-0.1, -0.05) is 32.0 Å². The van der Waals surface area contributed by atoms with E-state index in [1.807, 2.05) is 26.0 Å². The first kappa shape index (κ1) is 29.3. The molecule has 0 aliphatic carbocycles. The van der Waals surface area contributed by atoms with E-state index in [0.717, 1.165) is 10.9 Å². The van der Waals surface area contributed by atoms with Crippen molar-refractivity contribution in [2.45, 2.75) is 57.3 Å². The van der Waals surface area contributed by atoms with Crippen molar-refractivity contribution in [1.29, 1.82) is 0 Å². The molecule has 1 aromatic heterocycles. The Morgan fingerprint density at radius 1 is 0.946 bits per heavy atom. The molecule has 0 saturated carbocycles. The number of amides is 4. The Hall–Kier alpha value is -3.97. The van der Waals surface area contributed by atoms with E-state index in [2.05, 4.69) is 20.9 Å². The third kappa shape index (κ3) is 8.58. The van der Waals surface area contributed by atoms with Gasteiger partial charge in [-0.15, -0.1) is 0 Å². The first-order chi connectivity index (χ1) is 17.4. The highest BCUT2D eigenvalue weighted by Crippen LogP contribution is 2.19. The van der Waals surface area contributed by atoms with Gasteiger partial charge in [0, 0.05) is 23.5 Å². The van der Waals surface area contributed by atoms with Gasteiger partial charge in [0.25, 0.3) is 0 Å².